The number of aliphatic hydroxyl groups is 5. The second-order valence-electron chi connectivity index (χ2n) is 16.6. The molecule has 6 unspecified atom stereocenters. The topological polar surface area (TPSA) is 276 Å². The van der Waals surface area contributed by atoms with Gasteiger partial charge in [-0.3, -0.25) is 23.2 Å². The monoisotopic (exact) mass is 1000 g/mol. The minimum absolute atomic E-state index is 0.0879. The summed E-state index contributed by atoms with van der Waals surface area (Å²) in [5.74, 6) is -1.34. The largest absolute Gasteiger partial charge is 0.472 e. The van der Waals surface area contributed by atoms with Crippen molar-refractivity contribution in [3.05, 3.63) is 85.1 Å². The van der Waals surface area contributed by atoms with Crippen LogP contribution in [-0.2, 0) is 41.8 Å². The van der Waals surface area contributed by atoms with Gasteiger partial charge in [0.2, 0.25) is 0 Å². The predicted octanol–water partition coefficient (Wildman–Crippen LogP) is 8.36. The number of carbonyl (C=O) groups is 2. The van der Waals surface area contributed by atoms with Crippen LogP contribution in [0.4, 0.5) is 0 Å². The summed E-state index contributed by atoms with van der Waals surface area (Å²) >= 11 is 0. The average Bonchev–Trinajstić information content (AvgIpc) is 3.29. The van der Waals surface area contributed by atoms with Crippen molar-refractivity contribution in [1.82, 2.24) is 0 Å². The van der Waals surface area contributed by atoms with Crippen LogP contribution in [0.2, 0.25) is 0 Å². The average molecular weight is 1010 g/mol. The van der Waals surface area contributed by atoms with E-state index in [9.17, 15) is 58.9 Å². The number of allylic oxidation sites excluding steroid dienone is 12. The number of hydrogen-bond donors (Lipinski definition) is 8. The third-order valence-corrected chi connectivity index (χ3v) is 12.1. The van der Waals surface area contributed by atoms with Gasteiger partial charge in [0.15, 0.2) is 6.10 Å². The van der Waals surface area contributed by atoms with Gasteiger partial charge in [0.1, 0.15) is 43.2 Å². The van der Waals surface area contributed by atoms with E-state index in [1.807, 2.05) is 67.7 Å². The van der Waals surface area contributed by atoms with Gasteiger partial charge in [-0.1, -0.05) is 150 Å². The summed E-state index contributed by atoms with van der Waals surface area (Å²) in [5, 5.41) is 51.1. The lowest BCUT2D eigenvalue weighted by Crippen LogP contribution is -2.64. The molecule has 1 rings (SSSR count). The lowest BCUT2D eigenvalue weighted by Gasteiger charge is -2.43. The molecule has 0 radical (unpaired) electrons. The highest BCUT2D eigenvalue weighted by molar-refractivity contribution is 7.47. The zero-order valence-electron chi connectivity index (χ0n) is 40.1. The first-order valence-electron chi connectivity index (χ1n) is 24.2. The van der Waals surface area contributed by atoms with Crippen LogP contribution in [0.5, 0.6) is 0 Å². The summed E-state index contributed by atoms with van der Waals surface area (Å²) in [6.45, 7) is 2.82. The molecule has 0 bridgehead atoms. The quantitative estimate of drug-likeness (QED) is 0.00944. The van der Waals surface area contributed by atoms with Gasteiger partial charge in [-0.25, -0.2) is 9.13 Å². The van der Waals surface area contributed by atoms with Gasteiger partial charge < -0.3 is 49.7 Å². The minimum atomic E-state index is -5.38. The number of aliphatic hydroxyl groups excluding tert-OH is 5. The number of ether oxygens (including phenoxy) is 2. The summed E-state index contributed by atoms with van der Waals surface area (Å²) in [4.78, 5) is 54.3. The van der Waals surface area contributed by atoms with E-state index in [4.69, 9.17) is 18.5 Å². The Morgan fingerprint density at radius 3 is 1.71 bits per heavy atom. The Morgan fingerprint density at radius 1 is 0.559 bits per heavy atom. The Bertz CT molecular complexity index is 1650. The Labute approximate surface area is 404 Å². The fraction of sp³-hybridized carbons (Fsp3) is 0.673. The maximum absolute atomic E-state index is 13.0. The van der Waals surface area contributed by atoms with Crippen molar-refractivity contribution >= 4 is 27.6 Å². The summed E-state index contributed by atoms with van der Waals surface area (Å²) in [7, 11) is -10.7. The highest BCUT2D eigenvalue weighted by Gasteiger charge is 2.54. The SMILES string of the molecule is CC/C=C\CC(O)/C=C/C=C/C/C=C\C/C=C\C/C=C\CCC(=O)O[C@H](COC(=O)CCCCCCCCC/C=C\CCCCCC)COP(=O)(O)O[C@H]1C(O)C(O)C(O)[C@@H](OP(=O)(O)O)C1O. The molecule has 0 spiro atoms. The normalized spacial score (nSPS) is 22.4. The van der Waals surface area contributed by atoms with E-state index >= 15 is 0 Å². The Morgan fingerprint density at radius 2 is 1.10 bits per heavy atom. The van der Waals surface area contributed by atoms with E-state index in [0.29, 0.717) is 19.3 Å². The van der Waals surface area contributed by atoms with Crippen molar-refractivity contribution in [2.75, 3.05) is 13.2 Å². The van der Waals surface area contributed by atoms with Gasteiger partial charge in [-0.2, -0.15) is 0 Å². The van der Waals surface area contributed by atoms with Crippen molar-refractivity contribution < 1.29 is 82.0 Å². The molecule has 0 saturated heterocycles. The van der Waals surface area contributed by atoms with Crippen LogP contribution in [0.1, 0.15) is 149 Å². The maximum atomic E-state index is 13.0. The number of phosphoric acid groups is 2. The number of carbonyl (C=O) groups excluding carboxylic acids is 2. The van der Waals surface area contributed by atoms with Crippen LogP contribution in [0.25, 0.3) is 0 Å². The third-order valence-electron chi connectivity index (χ3n) is 10.5. The van der Waals surface area contributed by atoms with Gasteiger partial charge in [-0.05, 0) is 70.6 Å². The Kier molecular flexibility index (Phi) is 36.1. The van der Waals surface area contributed by atoms with Crippen LogP contribution in [-0.4, -0.2) is 114 Å². The van der Waals surface area contributed by atoms with E-state index in [-0.39, 0.29) is 19.3 Å². The number of phosphoric ester groups is 2. The molecule has 8 N–H and O–H groups in total. The highest BCUT2D eigenvalue weighted by atomic mass is 31.2. The third kappa shape index (κ3) is 32.9. The first-order valence-corrected chi connectivity index (χ1v) is 27.3. The number of esters is 2. The maximum Gasteiger partial charge on any atom is 0.472 e. The molecule has 68 heavy (non-hydrogen) atoms. The smallest absolute Gasteiger partial charge is 0.462 e. The predicted molar refractivity (Wildman–Crippen MR) is 261 cm³/mol. The zero-order chi connectivity index (χ0) is 50.5. The standard InChI is InChI=1S/C49H82O17P2/c1-3-5-7-8-9-10-11-12-13-16-19-22-25-28-32-36-42(51)62-38-41(39-63-68(60,61)66-49-46(55)44(53)45(54)48(47(49)56)65-67(57,58)59)64-43(52)37-33-29-26-23-20-17-14-15-18-21-24-27-31-35-40(50)34-30-6-4-2/h6,10-11,15,17-18,20,24,26-27,29-31,35,40-41,44-50,53-56H,3-5,7-9,12-14,16,19,21-23,25,28,32-34,36-39H2,1-2H3,(H,60,61)(H2,57,58,59)/b11-10-,18-15-,20-17-,27-24+,29-26-,30-6-,35-31+/t40?,41-,44?,45?,46?,47?,48-,49+/m1/s1. The molecule has 1 aliphatic rings. The van der Waals surface area contributed by atoms with E-state index in [1.165, 1.54) is 25.7 Å². The van der Waals surface area contributed by atoms with E-state index in [0.717, 1.165) is 70.6 Å². The molecule has 1 fully saturated rings. The van der Waals surface area contributed by atoms with Crippen LogP contribution in [0.3, 0.4) is 0 Å². The van der Waals surface area contributed by atoms with Crippen LogP contribution in [0.15, 0.2) is 85.1 Å². The van der Waals surface area contributed by atoms with E-state index in [1.54, 1.807) is 12.2 Å². The molecule has 1 aliphatic carbocycles. The molecule has 1 saturated carbocycles. The second kappa shape index (κ2) is 38.8. The van der Waals surface area contributed by atoms with Gasteiger partial charge >= 0.3 is 27.6 Å². The van der Waals surface area contributed by atoms with Gasteiger partial charge in [-0.15, -0.1) is 0 Å². The van der Waals surface area contributed by atoms with Crippen molar-refractivity contribution in [2.45, 2.75) is 198 Å². The summed E-state index contributed by atoms with van der Waals surface area (Å²) in [5.41, 5.74) is 0. The fourth-order valence-electron chi connectivity index (χ4n) is 6.78. The minimum Gasteiger partial charge on any atom is -0.462 e. The first kappa shape index (κ1) is 63.2. The molecule has 0 aromatic rings. The molecular formula is C49H82O17P2. The van der Waals surface area contributed by atoms with Crippen LogP contribution in [0, 0.1) is 0 Å². The Balaban J connectivity index is 2.66. The molecule has 0 heterocycles. The summed E-state index contributed by atoms with van der Waals surface area (Å²) in [6, 6.07) is 0. The highest BCUT2D eigenvalue weighted by Crippen LogP contribution is 2.49. The van der Waals surface area contributed by atoms with Gasteiger partial charge in [0, 0.05) is 12.8 Å². The first-order chi connectivity index (χ1) is 32.5. The van der Waals surface area contributed by atoms with Crippen molar-refractivity contribution in [3.63, 3.8) is 0 Å². The summed E-state index contributed by atoms with van der Waals surface area (Å²) < 4.78 is 49.3. The van der Waals surface area contributed by atoms with Crippen molar-refractivity contribution in [2.24, 2.45) is 0 Å². The molecule has 19 heteroatoms. The molecule has 0 aliphatic heterocycles. The zero-order valence-corrected chi connectivity index (χ0v) is 41.9. The van der Waals surface area contributed by atoms with Crippen molar-refractivity contribution in [3.8, 4) is 0 Å². The summed E-state index contributed by atoms with van der Waals surface area (Å²) in [6.07, 6.45) is 30.2. The molecule has 0 amide bonds. The lowest BCUT2D eigenvalue weighted by molar-refractivity contribution is -0.216. The molecule has 17 nitrogen and oxygen atoms in total. The molecule has 0 aromatic heterocycles. The molecule has 390 valence electrons. The number of rotatable bonds is 39. The van der Waals surface area contributed by atoms with Gasteiger partial charge in [0.25, 0.3) is 0 Å². The fourth-order valence-corrected chi connectivity index (χ4v) is 8.32. The lowest BCUT2D eigenvalue weighted by atomic mass is 9.85. The van der Waals surface area contributed by atoms with Crippen LogP contribution >= 0.6 is 15.6 Å². The van der Waals surface area contributed by atoms with Crippen LogP contribution < -0.4 is 0 Å². The Hall–Kier alpha value is -2.86. The van der Waals surface area contributed by atoms with E-state index < -0.39 is 89.6 Å². The number of unbranched alkanes of at least 4 members (excludes halogenated alkanes) is 11. The molecule has 0 aromatic carbocycles. The molecule has 9 atom stereocenters. The van der Waals surface area contributed by atoms with Crippen molar-refractivity contribution in [1.29, 1.82) is 0 Å². The van der Waals surface area contributed by atoms with E-state index in [2.05, 4.69) is 23.6 Å². The molecular weight excluding hydrogens is 922 g/mol. The second-order valence-corrected chi connectivity index (χ2v) is 19.2. The van der Waals surface area contributed by atoms with Gasteiger partial charge in [0.05, 0.1) is 12.7 Å². The number of hydrogen-bond acceptors (Lipinski definition) is 14.